The summed E-state index contributed by atoms with van der Waals surface area (Å²) < 4.78 is 24.3. The van der Waals surface area contributed by atoms with E-state index in [0.717, 1.165) is 5.76 Å². The molecule has 3 nitrogen and oxygen atoms in total. The minimum absolute atomic E-state index is 0.178. The summed E-state index contributed by atoms with van der Waals surface area (Å²) in [5, 5.41) is 0. The van der Waals surface area contributed by atoms with Gasteiger partial charge in [-0.3, -0.25) is 0 Å². The lowest BCUT2D eigenvalue weighted by atomic mass is 10.2. The third-order valence-corrected chi connectivity index (χ3v) is 2.40. The predicted octanol–water partition coefficient (Wildman–Crippen LogP) is 2.81. The summed E-state index contributed by atoms with van der Waals surface area (Å²) >= 11 is 0. The maximum Gasteiger partial charge on any atom is 0.168 e. The van der Waals surface area contributed by atoms with Crippen LogP contribution in [0.25, 0.3) is 0 Å². The van der Waals surface area contributed by atoms with Crippen molar-refractivity contribution in [2.24, 2.45) is 5.73 Å². The monoisotopic (exact) mass is 235 g/mol. The second kappa shape index (κ2) is 5.01. The van der Waals surface area contributed by atoms with Crippen LogP contribution in [0.5, 0.6) is 5.75 Å². The van der Waals surface area contributed by atoms with Crippen LogP contribution in [-0.4, -0.2) is 6.54 Å². The van der Waals surface area contributed by atoms with Crippen molar-refractivity contribution in [3.8, 4) is 5.75 Å². The normalized spacial score (nSPS) is 12.4. The molecule has 2 rings (SSSR count). The van der Waals surface area contributed by atoms with E-state index in [1.807, 2.05) is 13.0 Å². The van der Waals surface area contributed by atoms with E-state index in [0.29, 0.717) is 5.76 Å². The van der Waals surface area contributed by atoms with Gasteiger partial charge < -0.3 is 14.9 Å². The zero-order valence-electron chi connectivity index (χ0n) is 9.52. The summed E-state index contributed by atoms with van der Waals surface area (Å²) in [7, 11) is 0. The number of aryl methyl sites for hydroxylation is 1. The largest absolute Gasteiger partial charge is 0.478 e. The summed E-state index contributed by atoms with van der Waals surface area (Å²) in [6.45, 7) is 2.06. The van der Waals surface area contributed by atoms with Crippen LogP contribution >= 0.6 is 0 Å². The molecule has 0 bridgehead atoms. The highest BCUT2D eigenvalue weighted by molar-refractivity contribution is 5.24. The standard InChI is InChI=1S/C13H14FNO2/c1-9-6-7-12(16-9)13(8-15)17-11-5-3-2-4-10(11)14/h2-7,13H,8,15H2,1H3. The summed E-state index contributed by atoms with van der Waals surface area (Å²) in [5.74, 6) is 1.15. The Morgan fingerprint density at radius 1 is 1.29 bits per heavy atom. The Morgan fingerprint density at radius 3 is 2.65 bits per heavy atom. The first-order valence-electron chi connectivity index (χ1n) is 5.38. The summed E-state index contributed by atoms with van der Waals surface area (Å²) in [4.78, 5) is 0. The molecule has 2 aromatic rings. The number of para-hydroxylation sites is 1. The van der Waals surface area contributed by atoms with Gasteiger partial charge >= 0.3 is 0 Å². The molecular formula is C13H14FNO2. The number of hydrogen-bond acceptors (Lipinski definition) is 3. The van der Waals surface area contributed by atoms with Gasteiger partial charge in [-0.15, -0.1) is 0 Å². The number of hydrogen-bond donors (Lipinski definition) is 1. The fourth-order valence-corrected chi connectivity index (χ4v) is 1.54. The first-order chi connectivity index (χ1) is 8.20. The van der Waals surface area contributed by atoms with E-state index in [1.165, 1.54) is 6.07 Å². The van der Waals surface area contributed by atoms with Crippen LogP contribution in [0, 0.1) is 12.7 Å². The topological polar surface area (TPSA) is 48.4 Å². The van der Waals surface area contributed by atoms with Gasteiger partial charge in [0.15, 0.2) is 17.7 Å². The minimum atomic E-state index is -0.472. The molecule has 0 aliphatic heterocycles. The molecule has 1 aromatic carbocycles. The minimum Gasteiger partial charge on any atom is -0.478 e. The summed E-state index contributed by atoms with van der Waals surface area (Å²) in [6.07, 6.45) is -0.472. The number of benzene rings is 1. The first-order valence-corrected chi connectivity index (χ1v) is 5.38. The second-order valence-corrected chi connectivity index (χ2v) is 3.72. The zero-order valence-corrected chi connectivity index (χ0v) is 9.52. The lowest BCUT2D eigenvalue weighted by molar-refractivity contribution is 0.175. The number of halogens is 1. The Balaban J connectivity index is 2.18. The van der Waals surface area contributed by atoms with Crippen molar-refractivity contribution < 1.29 is 13.5 Å². The summed E-state index contributed by atoms with van der Waals surface area (Å²) in [5.41, 5.74) is 5.60. The molecule has 0 aliphatic rings. The molecule has 0 aliphatic carbocycles. The van der Waals surface area contributed by atoms with Crippen LogP contribution in [0.1, 0.15) is 17.6 Å². The van der Waals surface area contributed by atoms with Gasteiger partial charge in [-0.1, -0.05) is 12.1 Å². The van der Waals surface area contributed by atoms with E-state index in [2.05, 4.69) is 0 Å². The molecule has 0 saturated heterocycles. The molecule has 4 heteroatoms. The van der Waals surface area contributed by atoms with Crippen molar-refractivity contribution in [3.05, 3.63) is 53.7 Å². The lowest BCUT2D eigenvalue weighted by Crippen LogP contribution is -2.18. The average molecular weight is 235 g/mol. The number of ether oxygens (including phenoxy) is 1. The van der Waals surface area contributed by atoms with Crippen LogP contribution in [0.4, 0.5) is 4.39 Å². The van der Waals surface area contributed by atoms with Gasteiger partial charge in [0, 0.05) is 6.54 Å². The molecule has 1 aromatic heterocycles. The van der Waals surface area contributed by atoms with Crippen molar-refractivity contribution in [3.63, 3.8) is 0 Å². The van der Waals surface area contributed by atoms with E-state index in [9.17, 15) is 4.39 Å². The Labute approximate surface area is 99.0 Å². The predicted molar refractivity (Wildman–Crippen MR) is 62.3 cm³/mol. The molecule has 2 N–H and O–H groups in total. The van der Waals surface area contributed by atoms with Crippen LogP contribution in [0.2, 0.25) is 0 Å². The van der Waals surface area contributed by atoms with Crippen molar-refractivity contribution in [2.75, 3.05) is 6.54 Å². The second-order valence-electron chi connectivity index (χ2n) is 3.72. The van der Waals surface area contributed by atoms with Gasteiger partial charge in [0.25, 0.3) is 0 Å². The van der Waals surface area contributed by atoms with Gasteiger partial charge in [0.2, 0.25) is 0 Å². The highest BCUT2D eigenvalue weighted by Gasteiger charge is 2.16. The Hall–Kier alpha value is -1.81. The maximum atomic E-state index is 13.4. The highest BCUT2D eigenvalue weighted by Crippen LogP contribution is 2.24. The molecule has 1 heterocycles. The number of rotatable bonds is 4. The summed E-state index contributed by atoms with van der Waals surface area (Å²) in [6, 6.07) is 9.83. The van der Waals surface area contributed by atoms with Gasteiger partial charge in [-0.2, -0.15) is 0 Å². The van der Waals surface area contributed by atoms with Crippen LogP contribution < -0.4 is 10.5 Å². The average Bonchev–Trinajstić information content (AvgIpc) is 2.75. The van der Waals surface area contributed by atoms with E-state index in [-0.39, 0.29) is 12.3 Å². The lowest BCUT2D eigenvalue weighted by Gasteiger charge is -2.15. The van der Waals surface area contributed by atoms with E-state index in [4.69, 9.17) is 14.9 Å². The molecular weight excluding hydrogens is 221 g/mol. The molecule has 0 fully saturated rings. The smallest absolute Gasteiger partial charge is 0.168 e. The molecule has 1 unspecified atom stereocenters. The Morgan fingerprint density at radius 2 is 2.06 bits per heavy atom. The highest BCUT2D eigenvalue weighted by atomic mass is 19.1. The third-order valence-electron chi connectivity index (χ3n) is 2.40. The fraction of sp³-hybridized carbons (Fsp3) is 0.231. The number of nitrogens with two attached hydrogens (primary N) is 1. The van der Waals surface area contributed by atoms with Crippen molar-refractivity contribution >= 4 is 0 Å². The Kier molecular flexibility index (Phi) is 3.44. The number of furan rings is 1. The van der Waals surface area contributed by atoms with Crippen LogP contribution in [0.3, 0.4) is 0 Å². The van der Waals surface area contributed by atoms with Crippen molar-refractivity contribution in [1.82, 2.24) is 0 Å². The molecule has 0 amide bonds. The molecule has 90 valence electrons. The van der Waals surface area contributed by atoms with Gasteiger partial charge in [-0.25, -0.2) is 4.39 Å². The molecule has 0 saturated carbocycles. The van der Waals surface area contributed by atoms with Crippen molar-refractivity contribution in [2.45, 2.75) is 13.0 Å². The molecule has 0 radical (unpaired) electrons. The third kappa shape index (κ3) is 2.65. The van der Waals surface area contributed by atoms with Gasteiger partial charge in [-0.05, 0) is 31.2 Å². The van der Waals surface area contributed by atoms with Gasteiger partial charge in [0.1, 0.15) is 11.5 Å². The first kappa shape index (κ1) is 11.7. The van der Waals surface area contributed by atoms with Crippen LogP contribution in [-0.2, 0) is 0 Å². The van der Waals surface area contributed by atoms with Crippen molar-refractivity contribution in [1.29, 1.82) is 0 Å². The van der Waals surface area contributed by atoms with E-state index < -0.39 is 11.9 Å². The molecule has 1 atom stereocenters. The van der Waals surface area contributed by atoms with Crippen LogP contribution in [0.15, 0.2) is 40.8 Å². The zero-order chi connectivity index (χ0) is 12.3. The van der Waals surface area contributed by atoms with E-state index in [1.54, 1.807) is 24.3 Å². The SMILES string of the molecule is Cc1ccc(C(CN)Oc2ccccc2F)o1. The molecule has 17 heavy (non-hydrogen) atoms. The Bertz CT molecular complexity index is 496. The van der Waals surface area contributed by atoms with Gasteiger partial charge in [0.05, 0.1) is 0 Å². The molecule has 0 spiro atoms. The quantitative estimate of drug-likeness (QED) is 0.886. The maximum absolute atomic E-state index is 13.4. The van der Waals surface area contributed by atoms with E-state index >= 15 is 0 Å². The fourth-order valence-electron chi connectivity index (χ4n) is 1.54.